The summed E-state index contributed by atoms with van der Waals surface area (Å²) in [6.45, 7) is 0. The van der Waals surface area contributed by atoms with Crippen molar-refractivity contribution in [2.45, 2.75) is 47.4 Å². The van der Waals surface area contributed by atoms with E-state index in [0.29, 0.717) is 16.8 Å². The van der Waals surface area contributed by atoms with Crippen LogP contribution in [-0.4, -0.2) is 99.1 Å². The first kappa shape index (κ1) is 29.0. The number of aromatic nitrogens is 4. The van der Waals surface area contributed by atoms with Crippen molar-refractivity contribution in [2.75, 3.05) is 5.75 Å². The molecule has 4 rings (SSSR count). The van der Waals surface area contributed by atoms with Crippen molar-refractivity contribution in [1.82, 2.24) is 30.8 Å². The number of aliphatic imine (C=N–C) groups is 1. The molecule has 3 heterocycles. The molecule has 2 aromatic rings. The fourth-order valence-electron chi connectivity index (χ4n) is 4.10. The number of aliphatic carboxylic acids is 1. The number of tetrazole rings is 1. The zero-order chi connectivity index (χ0) is 29.0. The number of fused-ring (bicyclic) bond motifs is 1. The van der Waals surface area contributed by atoms with Crippen molar-refractivity contribution in [3.05, 3.63) is 41.1 Å². The number of aromatic amines is 1. The third kappa shape index (κ3) is 6.58. The average Bonchev–Trinajstić information content (AvgIpc) is 3.43. The third-order valence-corrected chi connectivity index (χ3v) is 8.45. The number of aliphatic hydroxyl groups excluding tert-OH is 1. The number of carboxylic acids is 1. The quantitative estimate of drug-likeness (QED) is 0.0473. The molecule has 1 aromatic heterocycles. The molecule has 212 valence electrons. The van der Waals surface area contributed by atoms with Crippen LogP contribution < -0.4 is 16.8 Å². The fourth-order valence-corrected chi connectivity index (χ4v) is 6.64. The Kier molecular flexibility index (Phi) is 9.03. The molecule has 3 amide bonds. The van der Waals surface area contributed by atoms with Crippen LogP contribution in [0.2, 0.25) is 0 Å². The molecular weight excluding hydrogens is 566 g/mol. The highest BCUT2D eigenvalue weighted by atomic mass is 32.2. The number of carbonyl (C=O) groups is 4. The summed E-state index contributed by atoms with van der Waals surface area (Å²) in [6, 6.07) is 5.36. The summed E-state index contributed by atoms with van der Waals surface area (Å²) in [5.74, 6) is -3.04. The average molecular weight is 592 g/mol. The Labute approximate surface area is 234 Å². The van der Waals surface area contributed by atoms with E-state index >= 15 is 0 Å². The second-order valence-electron chi connectivity index (χ2n) is 8.69. The lowest BCUT2D eigenvalue weighted by Gasteiger charge is -2.50. The molecule has 9 N–H and O–H groups in total. The zero-order valence-corrected chi connectivity index (χ0v) is 22.3. The molecule has 1 aromatic carbocycles. The van der Waals surface area contributed by atoms with Gasteiger partial charge >= 0.3 is 5.97 Å². The van der Waals surface area contributed by atoms with Gasteiger partial charge in [0.15, 0.2) is 5.84 Å². The summed E-state index contributed by atoms with van der Waals surface area (Å²) >= 11 is 2.40. The van der Waals surface area contributed by atoms with Gasteiger partial charge in [0.2, 0.25) is 23.3 Å². The van der Waals surface area contributed by atoms with Crippen LogP contribution in [0, 0.1) is 0 Å². The molecule has 1 saturated heterocycles. The molecule has 2 aliphatic rings. The van der Waals surface area contributed by atoms with Crippen LogP contribution in [0.25, 0.3) is 0 Å². The van der Waals surface area contributed by atoms with Crippen LogP contribution in [0.5, 0.6) is 0 Å². The highest BCUT2D eigenvalue weighted by Crippen LogP contribution is 2.44. The molecule has 1 fully saturated rings. The zero-order valence-electron chi connectivity index (χ0n) is 20.6. The Morgan fingerprint density at radius 3 is 2.58 bits per heavy atom. The van der Waals surface area contributed by atoms with E-state index < -0.39 is 46.6 Å². The van der Waals surface area contributed by atoms with Gasteiger partial charge in [-0.1, -0.05) is 23.9 Å². The van der Waals surface area contributed by atoms with Gasteiger partial charge in [-0.3, -0.25) is 19.3 Å². The van der Waals surface area contributed by atoms with E-state index in [1.165, 1.54) is 23.9 Å². The Morgan fingerprint density at radius 2 is 1.98 bits per heavy atom. The van der Waals surface area contributed by atoms with Crippen LogP contribution >= 0.6 is 23.5 Å². The molecule has 0 spiro atoms. The number of nitrogens with zero attached hydrogens (tertiary/aromatic N) is 5. The summed E-state index contributed by atoms with van der Waals surface area (Å²) in [7, 11) is 0. The Morgan fingerprint density at radius 1 is 1.25 bits per heavy atom. The van der Waals surface area contributed by atoms with Gasteiger partial charge in [-0.05, 0) is 34.9 Å². The number of amidine groups is 1. The molecule has 2 aliphatic heterocycles. The van der Waals surface area contributed by atoms with Crippen LogP contribution in [0.4, 0.5) is 5.69 Å². The van der Waals surface area contributed by atoms with Crippen molar-refractivity contribution < 1.29 is 34.5 Å². The number of benzene rings is 1. The molecule has 0 aliphatic carbocycles. The van der Waals surface area contributed by atoms with E-state index in [4.69, 9.17) is 21.7 Å². The number of H-pyrrole nitrogens is 1. The van der Waals surface area contributed by atoms with Gasteiger partial charge in [-0.2, -0.15) is 5.21 Å². The summed E-state index contributed by atoms with van der Waals surface area (Å²) in [5.41, 5.74) is 11.9. The maximum atomic E-state index is 13.1. The third-order valence-electron chi connectivity index (χ3n) is 5.96. The minimum atomic E-state index is -1.89. The molecule has 0 bridgehead atoms. The minimum Gasteiger partial charge on any atom is -0.477 e. The van der Waals surface area contributed by atoms with Crippen LogP contribution in [0.15, 0.2) is 45.7 Å². The molecule has 40 heavy (non-hydrogen) atoms. The van der Waals surface area contributed by atoms with Gasteiger partial charge < -0.3 is 32.1 Å². The maximum Gasteiger partial charge on any atom is 0.352 e. The van der Waals surface area contributed by atoms with Crippen LogP contribution in [-0.2, 0) is 25.6 Å². The van der Waals surface area contributed by atoms with Gasteiger partial charge in [-0.25, -0.2) is 9.79 Å². The number of carbonyl (C=O) groups excluding carboxylic acids is 3. The Bertz CT molecular complexity index is 1350. The van der Waals surface area contributed by atoms with Crippen molar-refractivity contribution >= 4 is 58.7 Å². The van der Waals surface area contributed by atoms with Crippen molar-refractivity contribution in [1.29, 1.82) is 0 Å². The normalized spacial score (nSPS) is 19.7. The second kappa shape index (κ2) is 12.5. The number of nitrogens with one attached hydrogen (secondary N) is 2. The van der Waals surface area contributed by atoms with E-state index in [1.807, 2.05) is 0 Å². The Balaban J connectivity index is 1.45. The summed E-state index contributed by atoms with van der Waals surface area (Å²) in [4.78, 5) is 54.5. The fraction of sp³-hybridized carbons (Fsp3) is 0.364. The standard InChI is InChI=1S/C22H25N9O7S2/c23-13(32)6-5-12(40-22-27-29-30-28-22)11-8-39-19-15(18(34)31(19)16(11)20(35)36)26-14(33)7-9-1-3-10(4-2-9)25-17(24)21(37)38/h1-4,12,15,19,21,37-38H,5-8H2,(H2,23,32)(H2,24,25)(H,26,33)(H,35,36)(H,27,28,29,30)/t12?,15?,19-/m0/s1. The number of carboxylic acid groups (broad SMARTS) is 1. The molecule has 0 radical (unpaired) electrons. The second-order valence-corrected chi connectivity index (χ2v) is 11.0. The van der Waals surface area contributed by atoms with E-state index in [1.54, 1.807) is 12.1 Å². The van der Waals surface area contributed by atoms with Crippen LogP contribution in [0.3, 0.4) is 0 Å². The number of primary amides is 1. The first-order valence-electron chi connectivity index (χ1n) is 11.7. The largest absolute Gasteiger partial charge is 0.477 e. The van der Waals surface area contributed by atoms with E-state index in [0.717, 1.165) is 16.7 Å². The molecule has 18 heteroatoms. The number of nitrogens with two attached hydrogens (primary N) is 2. The van der Waals surface area contributed by atoms with Crippen LogP contribution in [0.1, 0.15) is 18.4 Å². The highest BCUT2D eigenvalue weighted by molar-refractivity contribution is 8.01. The number of thioether (sulfide) groups is 2. The summed E-state index contributed by atoms with van der Waals surface area (Å²) in [6.07, 6.45) is -1.77. The van der Waals surface area contributed by atoms with Crippen molar-refractivity contribution in [3.63, 3.8) is 0 Å². The first-order valence-corrected chi connectivity index (χ1v) is 13.7. The number of rotatable bonds is 12. The number of hydrogen-bond donors (Lipinski definition) is 7. The monoisotopic (exact) mass is 591 g/mol. The van der Waals surface area contributed by atoms with E-state index in [2.05, 4.69) is 30.9 Å². The molecule has 2 unspecified atom stereocenters. The van der Waals surface area contributed by atoms with Gasteiger partial charge in [0.1, 0.15) is 17.1 Å². The number of hydrogen-bond acceptors (Lipinski definition) is 12. The maximum absolute atomic E-state index is 13.1. The predicted octanol–water partition coefficient (Wildman–Crippen LogP) is -1.79. The highest BCUT2D eigenvalue weighted by Gasteiger charge is 2.54. The number of β-lactam (4-membered cyclic amide) rings is 1. The lowest BCUT2D eigenvalue weighted by molar-refractivity contribution is -0.150. The predicted molar refractivity (Wildman–Crippen MR) is 142 cm³/mol. The van der Waals surface area contributed by atoms with Gasteiger partial charge in [0.25, 0.3) is 5.91 Å². The lowest BCUT2D eigenvalue weighted by atomic mass is 9.99. The summed E-state index contributed by atoms with van der Waals surface area (Å²) < 4.78 is 0. The van der Waals surface area contributed by atoms with Crippen molar-refractivity contribution in [2.24, 2.45) is 16.5 Å². The topological polar surface area (TPSA) is 263 Å². The van der Waals surface area contributed by atoms with Gasteiger partial charge in [0.05, 0.1) is 12.1 Å². The van der Waals surface area contributed by atoms with Crippen molar-refractivity contribution in [3.8, 4) is 0 Å². The summed E-state index contributed by atoms with van der Waals surface area (Å²) in [5, 5.41) is 43.3. The Hall–Kier alpha value is -4.00. The number of amides is 3. The molecule has 16 nitrogen and oxygen atoms in total. The SMILES string of the molecule is NC(=O)CCC(Sc1nn[nH]n1)C1=C(C(=O)O)N2C(=O)C(NC(=O)Cc3ccc(N=C(N)C(O)O)cc3)[C@@H]2SC1. The smallest absolute Gasteiger partial charge is 0.352 e. The lowest BCUT2D eigenvalue weighted by Crippen LogP contribution is -2.70. The van der Waals surface area contributed by atoms with Gasteiger partial charge in [0, 0.05) is 17.4 Å². The molecule has 0 saturated carbocycles. The minimum absolute atomic E-state index is 0.0171. The van der Waals surface area contributed by atoms with Gasteiger partial charge in [-0.15, -0.1) is 22.0 Å². The number of aliphatic hydroxyl groups is 2. The van der Waals surface area contributed by atoms with E-state index in [-0.39, 0.29) is 41.7 Å². The first-order chi connectivity index (χ1) is 19.0. The molecular formula is C22H25N9O7S2. The van der Waals surface area contributed by atoms with E-state index in [9.17, 15) is 24.3 Å². The molecule has 3 atom stereocenters.